The van der Waals surface area contributed by atoms with Gasteiger partial charge in [0.15, 0.2) is 11.0 Å². The third-order valence-corrected chi connectivity index (χ3v) is 5.42. The molecule has 0 saturated carbocycles. The number of rotatable bonds is 7. The summed E-state index contributed by atoms with van der Waals surface area (Å²) >= 11 is 7.75. The van der Waals surface area contributed by atoms with Gasteiger partial charge in [0.2, 0.25) is 0 Å². The molecule has 24 heavy (non-hydrogen) atoms. The number of hydrogen-bond acceptors (Lipinski definition) is 4. The second-order valence-electron chi connectivity index (χ2n) is 5.96. The maximum atomic E-state index is 5.98. The molecule has 1 aromatic heterocycles. The summed E-state index contributed by atoms with van der Waals surface area (Å²) in [6.45, 7) is 8.15. The molecule has 0 spiro atoms. The molecule has 2 aromatic rings. The minimum Gasteiger partial charge on any atom is -0.303 e. The molecular formula is C18H23ClN4S. The fourth-order valence-electron chi connectivity index (χ4n) is 2.95. The zero-order valence-corrected chi connectivity index (χ0v) is 15.4. The molecule has 1 aliphatic heterocycles. The van der Waals surface area contributed by atoms with Crippen LogP contribution < -0.4 is 0 Å². The topological polar surface area (TPSA) is 34.0 Å². The molecule has 0 atom stereocenters. The summed E-state index contributed by atoms with van der Waals surface area (Å²) in [5.41, 5.74) is 1.02. The van der Waals surface area contributed by atoms with Gasteiger partial charge in [-0.15, -0.1) is 16.8 Å². The van der Waals surface area contributed by atoms with Crippen molar-refractivity contribution in [2.45, 2.75) is 31.0 Å². The largest absolute Gasteiger partial charge is 0.303 e. The van der Waals surface area contributed by atoms with Gasteiger partial charge in [0, 0.05) is 29.4 Å². The fourth-order valence-corrected chi connectivity index (χ4v) is 4.02. The van der Waals surface area contributed by atoms with Gasteiger partial charge in [0.25, 0.3) is 0 Å². The molecule has 1 aromatic carbocycles. The number of benzene rings is 1. The molecule has 0 unspecified atom stereocenters. The van der Waals surface area contributed by atoms with E-state index in [1.54, 1.807) is 11.8 Å². The molecule has 0 aliphatic carbocycles. The predicted molar refractivity (Wildman–Crippen MR) is 102 cm³/mol. The second kappa shape index (κ2) is 8.70. The van der Waals surface area contributed by atoms with Crippen LogP contribution in [-0.2, 0) is 6.54 Å². The van der Waals surface area contributed by atoms with Crippen molar-refractivity contribution in [3.05, 3.63) is 41.9 Å². The average molecular weight is 363 g/mol. The van der Waals surface area contributed by atoms with E-state index >= 15 is 0 Å². The summed E-state index contributed by atoms with van der Waals surface area (Å²) < 4.78 is 2.12. The molecule has 0 N–H and O–H groups in total. The molecule has 4 nitrogen and oxygen atoms in total. The third-order valence-electron chi connectivity index (χ3n) is 4.22. The summed E-state index contributed by atoms with van der Waals surface area (Å²) in [5, 5.41) is 10.5. The zero-order valence-electron chi connectivity index (χ0n) is 13.8. The van der Waals surface area contributed by atoms with Gasteiger partial charge < -0.3 is 4.90 Å². The summed E-state index contributed by atoms with van der Waals surface area (Å²) in [6, 6.07) is 7.72. The van der Waals surface area contributed by atoms with Crippen LogP contribution in [0.15, 0.2) is 42.1 Å². The highest BCUT2D eigenvalue weighted by molar-refractivity contribution is 7.99. The van der Waals surface area contributed by atoms with Crippen molar-refractivity contribution in [3.8, 4) is 11.4 Å². The number of likely N-dealkylation sites (tertiary alicyclic amines) is 1. The second-order valence-corrected chi connectivity index (χ2v) is 7.46. The highest BCUT2D eigenvalue weighted by atomic mass is 35.5. The van der Waals surface area contributed by atoms with Gasteiger partial charge in [-0.3, -0.25) is 4.57 Å². The van der Waals surface area contributed by atoms with Gasteiger partial charge in [-0.05, 0) is 50.2 Å². The third kappa shape index (κ3) is 4.41. The molecule has 0 amide bonds. The summed E-state index contributed by atoms with van der Waals surface area (Å²) in [4.78, 5) is 2.55. The minimum atomic E-state index is 0.705. The Bertz CT molecular complexity index is 662. The molecule has 128 valence electrons. The standard InChI is InChI=1S/C18H23ClN4S/c1-2-10-23-17(15-6-8-16(19)9-7-15)20-21-18(23)24-14-13-22-11-4-3-5-12-22/h2,6-9H,1,3-5,10-14H2. The number of nitrogens with zero attached hydrogens (tertiary/aromatic N) is 4. The number of aromatic nitrogens is 3. The van der Waals surface area contributed by atoms with Gasteiger partial charge in [0.05, 0.1) is 0 Å². The van der Waals surface area contributed by atoms with Crippen LogP contribution in [-0.4, -0.2) is 45.1 Å². The lowest BCUT2D eigenvalue weighted by Crippen LogP contribution is -2.31. The lowest BCUT2D eigenvalue weighted by atomic mass is 10.1. The van der Waals surface area contributed by atoms with Crippen LogP contribution in [0.2, 0.25) is 5.02 Å². The van der Waals surface area contributed by atoms with Crippen LogP contribution in [0.5, 0.6) is 0 Å². The Morgan fingerprint density at radius 2 is 1.88 bits per heavy atom. The van der Waals surface area contributed by atoms with E-state index in [0.29, 0.717) is 6.54 Å². The van der Waals surface area contributed by atoms with Crippen molar-refractivity contribution in [1.29, 1.82) is 0 Å². The summed E-state index contributed by atoms with van der Waals surface area (Å²) in [5.74, 6) is 1.91. The van der Waals surface area contributed by atoms with Crippen molar-refractivity contribution in [2.75, 3.05) is 25.4 Å². The zero-order chi connectivity index (χ0) is 16.8. The van der Waals surface area contributed by atoms with Gasteiger partial charge in [-0.1, -0.05) is 35.9 Å². The number of thioether (sulfide) groups is 1. The monoisotopic (exact) mass is 362 g/mol. The van der Waals surface area contributed by atoms with E-state index in [1.807, 2.05) is 30.3 Å². The molecule has 1 fully saturated rings. The van der Waals surface area contributed by atoms with Crippen LogP contribution in [0.25, 0.3) is 11.4 Å². The molecule has 3 rings (SSSR count). The van der Waals surface area contributed by atoms with Crippen LogP contribution in [0.4, 0.5) is 0 Å². The molecule has 1 aliphatic rings. The van der Waals surface area contributed by atoms with E-state index in [2.05, 4.69) is 26.2 Å². The fraction of sp³-hybridized carbons (Fsp3) is 0.444. The van der Waals surface area contributed by atoms with Crippen molar-refractivity contribution < 1.29 is 0 Å². The quantitative estimate of drug-likeness (QED) is 0.541. The first-order valence-corrected chi connectivity index (χ1v) is 9.79. The van der Waals surface area contributed by atoms with Crippen LogP contribution in [0.3, 0.4) is 0 Å². The first-order valence-electron chi connectivity index (χ1n) is 8.43. The maximum Gasteiger partial charge on any atom is 0.191 e. The summed E-state index contributed by atoms with van der Waals surface area (Å²) in [6.07, 6.45) is 5.93. The molecule has 0 radical (unpaired) electrons. The minimum absolute atomic E-state index is 0.705. The Balaban J connectivity index is 1.68. The Kier molecular flexibility index (Phi) is 6.35. The van der Waals surface area contributed by atoms with E-state index in [4.69, 9.17) is 11.6 Å². The Morgan fingerprint density at radius 1 is 1.12 bits per heavy atom. The van der Waals surface area contributed by atoms with Gasteiger partial charge in [0.1, 0.15) is 0 Å². The van der Waals surface area contributed by atoms with Gasteiger partial charge in [-0.2, -0.15) is 0 Å². The van der Waals surface area contributed by atoms with Crippen LogP contribution in [0.1, 0.15) is 19.3 Å². The Hall–Kier alpha value is -1.30. The number of halogens is 1. The number of hydrogen-bond donors (Lipinski definition) is 0. The molecule has 2 heterocycles. The highest BCUT2D eigenvalue weighted by Crippen LogP contribution is 2.25. The van der Waals surface area contributed by atoms with E-state index in [9.17, 15) is 0 Å². The van der Waals surface area contributed by atoms with Gasteiger partial charge >= 0.3 is 0 Å². The number of piperidine rings is 1. The Labute approximate surface area is 152 Å². The van der Waals surface area contributed by atoms with Crippen LogP contribution >= 0.6 is 23.4 Å². The first-order chi connectivity index (χ1) is 11.8. The lowest BCUT2D eigenvalue weighted by Gasteiger charge is -2.25. The van der Waals surface area contributed by atoms with E-state index in [-0.39, 0.29) is 0 Å². The molecular weight excluding hydrogens is 340 g/mol. The van der Waals surface area contributed by atoms with Crippen molar-refractivity contribution in [1.82, 2.24) is 19.7 Å². The number of allylic oxidation sites excluding steroid dienone is 1. The van der Waals surface area contributed by atoms with E-state index in [0.717, 1.165) is 33.9 Å². The van der Waals surface area contributed by atoms with Crippen LogP contribution in [0, 0.1) is 0 Å². The molecule has 1 saturated heterocycles. The highest BCUT2D eigenvalue weighted by Gasteiger charge is 2.15. The first kappa shape index (κ1) is 17.5. The van der Waals surface area contributed by atoms with Crippen molar-refractivity contribution >= 4 is 23.4 Å². The van der Waals surface area contributed by atoms with Gasteiger partial charge in [-0.25, -0.2) is 0 Å². The maximum absolute atomic E-state index is 5.98. The van der Waals surface area contributed by atoms with Crippen molar-refractivity contribution in [3.63, 3.8) is 0 Å². The van der Waals surface area contributed by atoms with E-state index < -0.39 is 0 Å². The normalized spacial score (nSPS) is 15.5. The summed E-state index contributed by atoms with van der Waals surface area (Å²) in [7, 11) is 0. The Morgan fingerprint density at radius 3 is 2.58 bits per heavy atom. The molecule has 0 bridgehead atoms. The molecule has 6 heteroatoms. The smallest absolute Gasteiger partial charge is 0.191 e. The van der Waals surface area contributed by atoms with Crippen molar-refractivity contribution in [2.24, 2.45) is 0 Å². The SMILES string of the molecule is C=CCn1c(SCCN2CCCCC2)nnc1-c1ccc(Cl)cc1. The lowest BCUT2D eigenvalue weighted by molar-refractivity contribution is 0.242. The predicted octanol–water partition coefficient (Wildman–Crippen LogP) is 4.36. The average Bonchev–Trinajstić information content (AvgIpc) is 3.00. The van der Waals surface area contributed by atoms with E-state index in [1.165, 1.54) is 32.4 Å².